The number of carbonyl (C=O) groups is 2. The Labute approximate surface area is 106 Å². The molecule has 0 saturated carbocycles. The molecule has 1 aromatic carbocycles. The zero-order valence-electron chi connectivity index (χ0n) is 10.2. The predicted octanol–water partition coefficient (Wildman–Crippen LogP) is 2.64. The summed E-state index contributed by atoms with van der Waals surface area (Å²) in [5, 5.41) is 0.583. The highest BCUT2D eigenvalue weighted by molar-refractivity contribution is 6.30. The second kappa shape index (κ2) is 5.82. The minimum atomic E-state index is -0.404. The highest BCUT2D eigenvalue weighted by atomic mass is 35.5. The molecule has 0 N–H and O–H groups in total. The van der Waals surface area contributed by atoms with Gasteiger partial charge in [-0.2, -0.15) is 0 Å². The molecule has 0 aliphatic heterocycles. The molecule has 1 atom stereocenters. The summed E-state index contributed by atoms with van der Waals surface area (Å²) in [7, 11) is 1.63. The Morgan fingerprint density at radius 1 is 1.29 bits per heavy atom. The van der Waals surface area contributed by atoms with Crippen LogP contribution in [0.1, 0.15) is 24.2 Å². The lowest BCUT2D eigenvalue weighted by molar-refractivity contribution is -0.112. The molecule has 92 valence electrons. The second-order valence-electron chi connectivity index (χ2n) is 4.29. The Balaban J connectivity index is 2.89. The normalized spacial score (nSPS) is 12.3. The molecule has 3 nitrogen and oxygen atoms in total. The fraction of sp³-hybridized carbons (Fsp3) is 0.385. The van der Waals surface area contributed by atoms with Crippen molar-refractivity contribution in [3.63, 3.8) is 0 Å². The number of carbonyl (C=O) groups excluding carboxylic acids is 2. The summed E-state index contributed by atoms with van der Waals surface area (Å²) < 4.78 is 0. The molecule has 0 bridgehead atoms. The topological polar surface area (TPSA) is 37.4 Å². The molecule has 0 fully saturated rings. The molecule has 0 aromatic heterocycles. The van der Waals surface area contributed by atoms with E-state index in [4.69, 9.17) is 11.6 Å². The van der Waals surface area contributed by atoms with Gasteiger partial charge in [-0.25, -0.2) is 0 Å². The van der Waals surface area contributed by atoms with Crippen molar-refractivity contribution in [1.82, 2.24) is 4.90 Å². The van der Waals surface area contributed by atoms with Gasteiger partial charge in [0.1, 0.15) is 6.29 Å². The number of hydrogen-bond donors (Lipinski definition) is 0. The van der Waals surface area contributed by atoms with Crippen molar-refractivity contribution in [2.45, 2.75) is 19.9 Å². The van der Waals surface area contributed by atoms with E-state index in [1.165, 1.54) is 4.90 Å². The molecule has 0 aliphatic rings. The lowest BCUT2D eigenvalue weighted by Crippen LogP contribution is -2.41. The number of rotatable bonds is 4. The molecule has 0 aliphatic carbocycles. The summed E-state index contributed by atoms with van der Waals surface area (Å²) in [4.78, 5) is 24.5. The van der Waals surface area contributed by atoms with Gasteiger partial charge >= 0.3 is 0 Å². The van der Waals surface area contributed by atoms with E-state index in [1.54, 1.807) is 31.3 Å². The molecule has 1 aromatic rings. The van der Waals surface area contributed by atoms with Crippen LogP contribution in [-0.4, -0.2) is 30.2 Å². The molecule has 1 amide bonds. The molecule has 4 heteroatoms. The molecule has 0 radical (unpaired) electrons. The van der Waals surface area contributed by atoms with E-state index >= 15 is 0 Å². The lowest BCUT2D eigenvalue weighted by atomic mass is 10.0. The SMILES string of the molecule is CC(C)C(C=O)N(C)C(=O)c1ccc(Cl)cc1. The van der Waals surface area contributed by atoms with Gasteiger partial charge in [0.25, 0.3) is 5.91 Å². The largest absolute Gasteiger partial charge is 0.332 e. The Morgan fingerprint density at radius 3 is 2.24 bits per heavy atom. The van der Waals surface area contributed by atoms with Crippen LogP contribution in [-0.2, 0) is 4.79 Å². The van der Waals surface area contributed by atoms with E-state index in [1.807, 2.05) is 13.8 Å². The number of likely N-dealkylation sites (N-methyl/N-ethyl adjacent to an activating group) is 1. The number of halogens is 1. The van der Waals surface area contributed by atoms with Crippen molar-refractivity contribution < 1.29 is 9.59 Å². The first kappa shape index (κ1) is 13.7. The number of hydrogen-bond acceptors (Lipinski definition) is 2. The van der Waals surface area contributed by atoms with Crippen LogP contribution in [0.4, 0.5) is 0 Å². The summed E-state index contributed by atoms with van der Waals surface area (Å²) in [6, 6.07) is 6.23. The first-order valence-electron chi connectivity index (χ1n) is 5.45. The third-order valence-electron chi connectivity index (χ3n) is 2.68. The summed E-state index contributed by atoms with van der Waals surface area (Å²) in [6.07, 6.45) is 0.804. The summed E-state index contributed by atoms with van der Waals surface area (Å²) in [5.74, 6) is -0.0822. The van der Waals surface area contributed by atoms with E-state index < -0.39 is 6.04 Å². The van der Waals surface area contributed by atoms with Gasteiger partial charge in [0, 0.05) is 17.6 Å². The van der Waals surface area contributed by atoms with Gasteiger partial charge in [0.05, 0.1) is 6.04 Å². The molecule has 0 saturated heterocycles. The van der Waals surface area contributed by atoms with Crippen LogP contribution >= 0.6 is 11.6 Å². The van der Waals surface area contributed by atoms with Gasteiger partial charge in [-0.05, 0) is 30.2 Å². The maximum absolute atomic E-state index is 12.1. The van der Waals surface area contributed by atoms with Gasteiger partial charge in [-0.15, -0.1) is 0 Å². The van der Waals surface area contributed by atoms with Crippen molar-refractivity contribution in [1.29, 1.82) is 0 Å². The van der Waals surface area contributed by atoms with Gasteiger partial charge in [0.15, 0.2) is 0 Å². The smallest absolute Gasteiger partial charge is 0.254 e. The quantitative estimate of drug-likeness (QED) is 0.774. The second-order valence-corrected chi connectivity index (χ2v) is 4.73. The van der Waals surface area contributed by atoms with Gasteiger partial charge in [0.2, 0.25) is 0 Å². The van der Waals surface area contributed by atoms with Crippen molar-refractivity contribution >= 4 is 23.8 Å². The minimum Gasteiger partial charge on any atom is -0.332 e. The molecular formula is C13H16ClNO2. The summed E-state index contributed by atoms with van der Waals surface area (Å²) in [5.41, 5.74) is 0.532. The van der Waals surface area contributed by atoms with Crippen molar-refractivity contribution in [3.8, 4) is 0 Å². The fourth-order valence-corrected chi connectivity index (χ4v) is 1.75. The molecule has 17 heavy (non-hydrogen) atoms. The van der Waals surface area contributed by atoms with Crippen molar-refractivity contribution in [2.24, 2.45) is 5.92 Å². The van der Waals surface area contributed by atoms with E-state index in [0.717, 1.165) is 6.29 Å². The van der Waals surface area contributed by atoms with E-state index in [-0.39, 0.29) is 11.8 Å². The van der Waals surface area contributed by atoms with Gasteiger partial charge < -0.3 is 9.69 Å². The third kappa shape index (κ3) is 3.30. The van der Waals surface area contributed by atoms with E-state index in [9.17, 15) is 9.59 Å². The van der Waals surface area contributed by atoms with Crippen LogP contribution in [0.15, 0.2) is 24.3 Å². The number of aldehydes is 1. The predicted molar refractivity (Wildman–Crippen MR) is 68.2 cm³/mol. The van der Waals surface area contributed by atoms with Crippen molar-refractivity contribution in [2.75, 3.05) is 7.05 Å². The van der Waals surface area contributed by atoms with Gasteiger partial charge in [-0.3, -0.25) is 4.79 Å². The molecule has 1 rings (SSSR count). The fourth-order valence-electron chi connectivity index (χ4n) is 1.63. The van der Waals surface area contributed by atoms with E-state index in [0.29, 0.717) is 10.6 Å². The third-order valence-corrected chi connectivity index (χ3v) is 2.93. The monoisotopic (exact) mass is 253 g/mol. The first-order valence-corrected chi connectivity index (χ1v) is 5.83. The molecular weight excluding hydrogens is 238 g/mol. The van der Waals surface area contributed by atoms with Crippen LogP contribution in [0.2, 0.25) is 5.02 Å². The van der Waals surface area contributed by atoms with Crippen LogP contribution < -0.4 is 0 Å². The van der Waals surface area contributed by atoms with Crippen molar-refractivity contribution in [3.05, 3.63) is 34.9 Å². The zero-order valence-corrected chi connectivity index (χ0v) is 10.9. The maximum Gasteiger partial charge on any atom is 0.254 e. The van der Waals surface area contributed by atoms with Gasteiger partial charge in [-0.1, -0.05) is 25.4 Å². The maximum atomic E-state index is 12.1. The number of benzene rings is 1. The zero-order chi connectivity index (χ0) is 13.0. The van der Waals surface area contributed by atoms with Crippen LogP contribution in [0, 0.1) is 5.92 Å². The average molecular weight is 254 g/mol. The lowest BCUT2D eigenvalue weighted by Gasteiger charge is -2.26. The van der Waals surface area contributed by atoms with Crippen LogP contribution in [0.25, 0.3) is 0 Å². The standard InChI is InChI=1S/C13H16ClNO2/c1-9(2)12(8-16)15(3)13(17)10-4-6-11(14)7-5-10/h4-9,12H,1-3H3. The molecule has 0 heterocycles. The Morgan fingerprint density at radius 2 is 1.82 bits per heavy atom. The highest BCUT2D eigenvalue weighted by Gasteiger charge is 2.23. The number of amides is 1. The highest BCUT2D eigenvalue weighted by Crippen LogP contribution is 2.14. The van der Waals surface area contributed by atoms with Crippen LogP contribution in [0.5, 0.6) is 0 Å². The van der Waals surface area contributed by atoms with E-state index in [2.05, 4.69) is 0 Å². The summed E-state index contributed by atoms with van der Waals surface area (Å²) >= 11 is 5.76. The summed E-state index contributed by atoms with van der Waals surface area (Å²) in [6.45, 7) is 3.81. The minimum absolute atomic E-state index is 0.0914. The number of nitrogens with zero attached hydrogens (tertiary/aromatic N) is 1. The first-order chi connectivity index (χ1) is 7.97. The molecule has 1 unspecified atom stereocenters. The van der Waals surface area contributed by atoms with Crippen LogP contribution in [0.3, 0.4) is 0 Å². The Hall–Kier alpha value is -1.35. The average Bonchev–Trinajstić information content (AvgIpc) is 2.29. The Bertz CT molecular complexity index is 400. The molecule has 0 spiro atoms. The Kier molecular flexibility index (Phi) is 4.70.